The van der Waals surface area contributed by atoms with Crippen molar-refractivity contribution in [3.05, 3.63) is 11.8 Å². The Hall–Kier alpha value is -2.07. The second kappa shape index (κ2) is 9.91. The van der Waals surface area contributed by atoms with E-state index in [1.165, 1.54) is 6.20 Å². The number of hydrogen-bond donors (Lipinski definition) is 3. The molecule has 7 heteroatoms. The molecular formula is C12H20N4O3. The molecule has 1 amide bonds. The van der Waals surface area contributed by atoms with Gasteiger partial charge in [-0.25, -0.2) is 0 Å². The summed E-state index contributed by atoms with van der Waals surface area (Å²) in [7, 11) is 3.93. The normalized spacial score (nSPS) is 10.9. The van der Waals surface area contributed by atoms with Gasteiger partial charge in [0.25, 0.3) is 5.91 Å². The number of hydrogen-bond acceptors (Lipinski definition) is 5. The third-order valence-corrected chi connectivity index (χ3v) is 2.16. The smallest absolute Gasteiger partial charge is 0.305 e. The first-order valence-corrected chi connectivity index (χ1v) is 5.95. The lowest BCUT2D eigenvalue weighted by Crippen LogP contribution is -2.28. The summed E-state index contributed by atoms with van der Waals surface area (Å²) in [5, 5.41) is 22.5. The standard InChI is InChI=1S/C12H20N4O3/c1-16(2)7-3-5-14-9-10(8-13)12(19)15-6-4-11(17)18/h9,14H,3-7H2,1-2H3,(H,15,19)(H,17,18)/b10-9-. The van der Waals surface area contributed by atoms with Crippen molar-refractivity contribution in [2.24, 2.45) is 0 Å². The van der Waals surface area contributed by atoms with Crippen molar-refractivity contribution in [3.8, 4) is 6.07 Å². The average molecular weight is 268 g/mol. The SMILES string of the molecule is CN(C)CCCN/C=C(/C#N)C(=O)NCCC(=O)O. The Labute approximate surface area is 112 Å². The Balaban J connectivity index is 4.00. The first kappa shape index (κ1) is 16.9. The van der Waals surface area contributed by atoms with Gasteiger partial charge in [0, 0.05) is 19.3 Å². The van der Waals surface area contributed by atoms with Crippen LogP contribution in [0, 0.1) is 11.3 Å². The fourth-order valence-electron chi connectivity index (χ4n) is 1.20. The van der Waals surface area contributed by atoms with Crippen molar-refractivity contribution in [1.29, 1.82) is 5.26 Å². The van der Waals surface area contributed by atoms with Crippen LogP contribution >= 0.6 is 0 Å². The predicted octanol–water partition coefficient (Wildman–Crippen LogP) is -0.474. The van der Waals surface area contributed by atoms with Gasteiger partial charge in [-0.1, -0.05) is 0 Å². The fourth-order valence-corrected chi connectivity index (χ4v) is 1.20. The topological polar surface area (TPSA) is 105 Å². The van der Waals surface area contributed by atoms with Gasteiger partial charge in [-0.15, -0.1) is 0 Å². The number of nitrogens with one attached hydrogen (secondary N) is 2. The minimum atomic E-state index is -0.996. The summed E-state index contributed by atoms with van der Waals surface area (Å²) in [6.45, 7) is 1.58. The minimum Gasteiger partial charge on any atom is -0.481 e. The highest BCUT2D eigenvalue weighted by atomic mass is 16.4. The van der Waals surface area contributed by atoms with Gasteiger partial charge in [-0.3, -0.25) is 9.59 Å². The highest BCUT2D eigenvalue weighted by molar-refractivity contribution is 5.97. The van der Waals surface area contributed by atoms with Gasteiger partial charge in [0.1, 0.15) is 11.6 Å². The monoisotopic (exact) mass is 268 g/mol. The number of aliphatic carboxylic acids is 1. The molecule has 0 aliphatic carbocycles. The summed E-state index contributed by atoms with van der Waals surface area (Å²) in [5.41, 5.74) is -0.0600. The van der Waals surface area contributed by atoms with Gasteiger partial charge in [0.2, 0.25) is 0 Å². The molecule has 0 bridgehead atoms. The molecule has 19 heavy (non-hydrogen) atoms. The zero-order chi connectivity index (χ0) is 14.7. The van der Waals surface area contributed by atoms with Crippen LogP contribution in [0.3, 0.4) is 0 Å². The number of amides is 1. The molecule has 7 nitrogen and oxygen atoms in total. The Bertz CT molecular complexity index is 372. The molecule has 0 saturated carbocycles. The second-order valence-corrected chi connectivity index (χ2v) is 4.18. The summed E-state index contributed by atoms with van der Waals surface area (Å²) >= 11 is 0. The molecule has 0 fully saturated rings. The molecule has 3 N–H and O–H groups in total. The van der Waals surface area contributed by atoms with Crippen LogP contribution in [0.1, 0.15) is 12.8 Å². The highest BCUT2D eigenvalue weighted by Gasteiger charge is 2.08. The van der Waals surface area contributed by atoms with Gasteiger partial charge >= 0.3 is 5.97 Å². The van der Waals surface area contributed by atoms with E-state index in [1.807, 2.05) is 19.0 Å². The summed E-state index contributed by atoms with van der Waals surface area (Å²) < 4.78 is 0. The molecule has 0 heterocycles. The molecule has 106 valence electrons. The van der Waals surface area contributed by atoms with Crippen molar-refractivity contribution >= 4 is 11.9 Å². The molecular weight excluding hydrogens is 248 g/mol. The summed E-state index contributed by atoms with van der Waals surface area (Å²) in [5.74, 6) is -1.56. The quantitative estimate of drug-likeness (QED) is 0.296. The first-order chi connectivity index (χ1) is 8.97. The molecule has 0 unspecified atom stereocenters. The van der Waals surface area contributed by atoms with Crippen molar-refractivity contribution in [3.63, 3.8) is 0 Å². The van der Waals surface area contributed by atoms with Crippen LogP contribution in [-0.4, -0.2) is 55.6 Å². The summed E-state index contributed by atoms with van der Waals surface area (Å²) in [6, 6.07) is 1.77. The van der Waals surface area contributed by atoms with E-state index in [2.05, 4.69) is 10.6 Å². The van der Waals surface area contributed by atoms with Gasteiger partial charge in [-0.05, 0) is 27.1 Å². The maximum atomic E-state index is 11.5. The molecule has 0 atom stereocenters. The first-order valence-electron chi connectivity index (χ1n) is 5.95. The lowest BCUT2D eigenvalue weighted by molar-refractivity contribution is -0.136. The number of rotatable bonds is 9. The maximum Gasteiger partial charge on any atom is 0.305 e. The van der Waals surface area contributed by atoms with E-state index in [0.29, 0.717) is 6.54 Å². The van der Waals surface area contributed by atoms with E-state index in [4.69, 9.17) is 10.4 Å². The average Bonchev–Trinajstić information content (AvgIpc) is 2.32. The van der Waals surface area contributed by atoms with Gasteiger partial charge in [0.05, 0.1) is 6.42 Å². The van der Waals surface area contributed by atoms with Gasteiger partial charge in [-0.2, -0.15) is 5.26 Å². The van der Waals surface area contributed by atoms with Gasteiger partial charge in [0.15, 0.2) is 0 Å². The Morgan fingerprint density at radius 2 is 2.05 bits per heavy atom. The Kier molecular flexibility index (Phi) is 8.83. The highest BCUT2D eigenvalue weighted by Crippen LogP contribution is 1.91. The molecule has 0 saturated heterocycles. The van der Waals surface area contributed by atoms with E-state index in [1.54, 1.807) is 6.07 Å². The van der Waals surface area contributed by atoms with Crippen molar-refractivity contribution < 1.29 is 14.7 Å². The number of nitrogens with zero attached hydrogens (tertiary/aromatic N) is 2. The molecule has 0 aromatic rings. The summed E-state index contributed by atoms with van der Waals surface area (Å²) in [4.78, 5) is 23.8. The fraction of sp³-hybridized carbons (Fsp3) is 0.583. The van der Waals surface area contributed by atoms with E-state index < -0.39 is 11.9 Å². The van der Waals surface area contributed by atoms with Crippen LogP contribution in [0.15, 0.2) is 11.8 Å². The molecule has 0 aromatic carbocycles. The van der Waals surface area contributed by atoms with E-state index in [0.717, 1.165) is 13.0 Å². The molecule has 0 aromatic heterocycles. The Morgan fingerprint density at radius 1 is 1.37 bits per heavy atom. The predicted molar refractivity (Wildman–Crippen MR) is 70.1 cm³/mol. The molecule has 0 aliphatic heterocycles. The summed E-state index contributed by atoms with van der Waals surface area (Å²) in [6.07, 6.45) is 2.08. The molecule has 0 rings (SSSR count). The van der Waals surface area contributed by atoms with E-state index in [-0.39, 0.29) is 18.5 Å². The number of nitriles is 1. The van der Waals surface area contributed by atoms with Gasteiger partial charge < -0.3 is 20.6 Å². The van der Waals surface area contributed by atoms with Crippen molar-refractivity contribution in [2.75, 3.05) is 33.7 Å². The molecule has 0 spiro atoms. The lowest BCUT2D eigenvalue weighted by Gasteiger charge is -2.08. The zero-order valence-electron chi connectivity index (χ0n) is 11.3. The van der Waals surface area contributed by atoms with Crippen LogP contribution in [0.5, 0.6) is 0 Å². The van der Waals surface area contributed by atoms with Crippen molar-refractivity contribution in [2.45, 2.75) is 12.8 Å². The molecule has 0 aliphatic rings. The third kappa shape index (κ3) is 9.62. The number of carbonyl (C=O) groups excluding carboxylic acids is 1. The number of carboxylic acid groups (broad SMARTS) is 1. The van der Waals surface area contributed by atoms with E-state index in [9.17, 15) is 9.59 Å². The lowest BCUT2D eigenvalue weighted by atomic mass is 10.3. The van der Waals surface area contributed by atoms with Crippen LogP contribution < -0.4 is 10.6 Å². The second-order valence-electron chi connectivity index (χ2n) is 4.18. The van der Waals surface area contributed by atoms with Crippen LogP contribution in [-0.2, 0) is 9.59 Å². The Morgan fingerprint density at radius 3 is 2.58 bits per heavy atom. The van der Waals surface area contributed by atoms with Crippen LogP contribution in [0.2, 0.25) is 0 Å². The van der Waals surface area contributed by atoms with Crippen LogP contribution in [0.25, 0.3) is 0 Å². The minimum absolute atomic E-state index is 0.00775. The third-order valence-electron chi connectivity index (χ3n) is 2.16. The largest absolute Gasteiger partial charge is 0.481 e. The zero-order valence-corrected chi connectivity index (χ0v) is 11.3. The number of carboxylic acids is 1. The van der Waals surface area contributed by atoms with E-state index >= 15 is 0 Å². The molecule has 0 radical (unpaired) electrons. The number of carbonyl (C=O) groups is 2. The van der Waals surface area contributed by atoms with Crippen LogP contribution in [0.4, 0.5) is 0 Å². The maximum absolute atomic E-state index is 11.5. The van der Waals surface area contributed by atoms with Crippen molar-refractivity contribution in [1.82, 2.24) is 15.5 Å².